The minimum atomic E-state index is -0.863. The van der Waals surface area contributed by atoms with Gasteiger partial charge < -0.3 is 15.6 Å². The summed E-state index contributed by atoms with van der Waals surface area (Å²) in [5.41, 5.74) is 0.516. The molecule has 0 bridgehead atoms. The van der Waals surface area contributed by atoms with E-state index in [0.717, 1.165) is 18.2 Å². The Bertz CT molecular complexity index is 1110. The zero-order valence-corrected chi connectivity index (χ0v) is 20.4. The third-order valence-corrected chi connectivity index (χ3v) is 6.60. The van der Waals surface area contributed by atoms with Crippen molar-refractivity contribution in [2.75, 3.05) is 0 Å². The van der Waals surface area contributed by atoms with Crippen molar-refractivity contribution in [2.45, 2.75) is 65.0 Å². The number of hydrogen-bond acceptors (Lipinski definition) is 4. The molecule has 0 radical (unpaired) electrons. The van der Waals surface area contributed by atoms with Crippen molar-refractivity contribution in [3.63, 3.8) is 0 Å². The van der Waals surface area contributed by atoms with Crippen LogP contribution in [0.2, 0.25) is 10.0 Å². The maximum atomic E-state index is 13.1. The first-order valence-electron chi connectivity index (χ1n) is 11.0. The fourth-order valence-electron chi connectivity index (χ4n) is 4.16. The molecule has 1 saturated carbocycles. The maximum absolute atomic E-state index is 13.1. The van der Waals surface area contributed by atoms with Crippen molar-refractivity contribution in [1.29, 1.82) is 5.26 Å². The molecule has 1 fully saturated rings. The number of carbonyl (C=O) groups excluding carboxylic acids is 3. The molecule has 176 valence electrons. The van der Waals surface area contributed by atoms with Gasteiger partial charge in [-0.2, -0.15) is 5.26 Å². The normalized spacial score (nSPS) is 18.1. The number of Topliss-reactive ketones (excluding diaryl/α,β-unsaturated/α-hetero) is 1. The molecule has 1 aromatic heterocycles. The number of benzene rings is 1. The zero-order chi connectivity index (χ0) is 24.3. The molecule has 0 spiro atoms. The summed E-state index contributed by atoms with van der Waals surface area (Å²) >= 11 is 12.3. The molecule has 0 saturated heterocycles. The molecule has 1 heterocycles. The van der Waals surface area contributed by atoms with E-state index in [1.165, 1.54) is 0 Å². The summed E-state index contributed by atoms with van der Waals surface area (Å²) in [6, 6.07) is 5.46. The molecule has 3 rings (SSSR count). The van der Waals surface area contributed by atoms with Crippen LogP contribution in [0.3, 0.4) is 0 Å². The van der Waals surface area contributed by atoms with Gasteiger partial charge in [0.05, 0.1) is 21.6 Å². The zero-order valence-electron chi connectivity index (χ0n) is 18.9. The number of hydrogen-bond donors (Lipinski definition) is 3. The van der Waals surface area contributed by atoms with E-state index < -0.39 is 23.9 Å². The first-order valence-corrected chi connectivity index (χ1v) is 11.7. The fourth-order valence-corrected chi connectivity index (χ4v) is 4.53. The average molecular weight is 491 g/mol. The summed E-state index contributed by atoms with van der Waals surface area (Å²) in [5.74, 6) is -0.982. The summed E-state index contributed by atoms with van der Waals surface area (Å²) in [6.45, 7) is 5.88. The van der Waals surface area contributed by atoms with Crippen molar-refractivity contribution < 1.29 is 14.4 Å². The van der Waals surface area contributed by atoms with Crippen molar-refractivity contribution in [2.24, 2.45) is 11.3 Å². The Kier molecular flexibility index (Phi) is 7.71. The van der Waals surface area contributed by atoms with Gasteiger partial charge in [-0.25, -0.2) is 0 Å². The lowest BCUT2D eigenvalue weighted by molar-refractivity contribution is -0.125. The van der Waals surface area contributed by atoms with Crippen molar-refractivity contribution >= 4 is 51.7 Å². The van der Waals surface area contributed by atoms with Crippen molar-refractivity contribution in [3.05, 3.63) is 33.9 Å². The van der Waals surface area contributed by atoms with Crippen LogP contribution in [0.25, 0.3) is 10.9 Å². The lowest BCUT2D eigenvalue weighted by atomic mass is 9.87. The highest BCUT2D eigenvalue weighted by Crippen LogP contribution is 2.31. The van der Waals surface area contributed by atoms with E-state index >= 15 is 0 Å². The van der Waals surface area contributed by atoms with Gasteiger partial charge in [-0.05, 0) is 43.2 Å². The minimum Gasteiger partial charge on any atom is -0.349 e. The molecule has 2 aromatic rings. The van der Waals surface area contributed by atoms with Crippen LogP contribution in [-0.4, -0.2) is 34.7 Å². The van der Waals surface area contributed by atoms with Gasteiger partial charge in [-0.1, -0.05) is 50.0 Å². The number of halogens is 2. The number of nitrogens with zero attached hydrogens (tertiary/aromatic N) is 1. The van der Waals surface area contributed by atoms with E-state index in [4.69, 9.17) is 23.2 Å². The molecule has 1 aliphatic carbocycles. The number of aromatic amines is 1. The summed E-state index contributed by atoms with van der Waals surface area (Å²) in [5, 5.41) is 16.4. The van der Waals surface area contributed by atoms with Gasteiger partial charge in [0.25, 0.3) is 5.91 Å². The molecule has 2 amide bonds. The fraction of sp³-hybridized carbons (Fsp3) is 0.500. The lowest BCUT2D eigenvalue weighted by Crippen LogP contribution is -2.51. The largest absolute Gasteiger partial charge is 0.349 e. The molecule has 0 aliphatic heterocycles. The Morgan fingerprint density at radius 1 is 1.27 bits per heavy atom. The van der Waals surface area contributed by atoms with E-state index in [1.807, 2.05) is 20.8 Å². The number of nitriles is 1. The molecule has 1 aliphatic rings. The van der Waals surface area contributed by atoms with Crippen molar-refractivity contribution in [3.8, 4) is 6.07 Å². The summed E-state index contributed by atoms with van der Waals surface area (Å²) in [7, 11) is 0. The first-order chi connectivity index (χ1) is 15.5. The SMILES string of the molecule is CC(C)(C)CC(NC(=O)c1cc2ccc(Cl)c(Cl)c2[nH]1)C(=O)NC(C#N)CC1CCCC1=O. The first kappa shape index (κ1) is 25.1. The lowest BCUT2D eigenvalue weighted by Gasteiger charge is -2.27. The van der Waals surface area contributed by atoms with Gasteiger partial charge in [0.2, 0.25) is 5.91 Å². The van der Waals surface area contributed by atoms with E-state index in [0.29, 0.717) is 34.8 Å². The second-order valence-corrected chi connectivity index (χ2v) is 10.6. The molecule has 9 heteroatoms. The van der Waals surface area contributed by atoms with Gasteiger partial charge in [0, 0.05) is 17.7 Å². The van der Waals surface area contributed by atoms with E-state index in [9.17, 15) is 19.6 Å². The predicted octanol–water partition coefficient (Wildman–Crippen LogP) is 4.78. The predicted molar refractivity (Wildman–Crippen MR) is 128 cm³/mol. The highest BCUT2D eigenvalue weighted by molar-refractivity contribution is 6.45. The van der Waals surface area contributed by atoms with E-state index in [1.54, 1.807) is 18.2 Å². The molecule has 3 unspecified atom stereocenters. The second-order valence-electron chi connectivity index (χ2n) is 9.78. The van der Waals surface area contributed by atoms with Gasteiger partial charge in [-0.15, -0.1) is 0 Å². The minimum absolute atomic E-state index is 0.140. The number of nitrogens with one attached hydrogen (secondary N) is 3. The van der Waals surface area contributed by atoms with Crippen LogP contribution in [0, 0.1) is 22.7 Å². The number of aromatic nitrogens is 1. The van der Waals surface area contributed by atoms with Gasteiger partial charge in [-0.3, -0.25) is 14.4 Å². The second kappa shape index (κ2) is 10.1. The van der Waals surface area contributed by atoms with Gasteiger partial charge >= 0.3 is 0 Å². The summed E-state index contributed by atoms with van der Waals surface area (Å²) < 4.78 is 0. The molecular formula is C24H28Cl2N4O3. The third-order valence-electron chi connectivity index (χ3n) is 5.79. The number of amides is 2. The Morgan fingerprint density at radius 2 is 2.00 bits per heavy atom. The molecule has 3 N–H and O–H groups in total. The van der Waals surface area contributed by atoms with Gasteiger partial charge in [0.15, 0.2) is 0 Å². The number of H-pyrrole nitrogens is 1. The molecule has 33 heavy (non-hydrogen) atoms. The Labute approximate surface area is 203 Å². The van der Waals surface area contributed by atoms with Crippen LogP contribution >= 0.6 is 23.2 Å². The quantitative estimate of drug-likeness (QED) is 0.517. The Balaban J connectivity index is 1.75. The van der Waals surface area contributed by atoms with Crippen LogP contribution < -0.4 is 10.6 Å². The number of ketones is 1. The van der Waals surface area contributed by atoms with Crippen LogP contribution in [-0.2, 0) is 9.59 Å². The highest BCUT2D eigenvalue weighted by atomic mass is 35.5. The topological polar surface area (TPSA) is 115 Å². The monoisotopic (exact) mass is 490 g/mol. The Hall–Kier alpha value is -2.56. The van der Waals surface area contributed by atoms with Crippen LogP contribution in [0.5, 0.6) is 0 Å². The molecule has 1 aromatic carbocycles. The summed E-state index contributed by atoms with van der Waals surface area (Å²) in [4.78, 5) is 41.0. The molecular weight excluding hydrogens is 463 g/mol. The van der Waals surface area contributed by atoms with Crippen LogP contribution in [0.15, 0.2) is 18.2 Å². The average Bonchev–Trinajstić information content (AvgIpc) is 3.35. The highest BCUT2D eigenvalue weighted by Gasteiger charge is 2.32. The van der Waals surface area contributed by atoms with Crippen molar-refractivity contribution in [1.82, 2.24) is 15.6 Å². The maximum Gasteiger partial charge on any atom is 0.268 e. The number of rotatable bonds is 7. The Morgan fingerprint density at radius 3 is 2.61 bits per heavy atom. The number of carbonyl (C=O) groups is 3. The smallest absolute Gasteiger partial charge is 0.268 e. The molecule has 7 nitrogen and oxygen atoms in total. The third kappa shape index (κ3) is 6.27. The molecule has 3 atom stereocenters. The van der Waals surface area contributed by atoms with E-state index in [-0.39, 0.29) is 22.8 Å². The van der Waals surface area contributed by atoms with Crippen LogP contribution in [0.1, 0.15) is 63.4 Å². The van der Waals surface area contributed by atoms with E-state index in [2.05, 4.69) is 21.7 Å². The number of fused-ring (bicyclic) bond motifs is 1. The summed E-state index contributed by atoms with van der Waals surface area (Å²) in [6.07, 6.45) is 2.73. The standard InChI is InChI=1S/C24H28Cl2N4O3/c1-24(2,3)11-18(23(33)28-15(12-27)9-13-5-4-6-19(13)31)30-22(32)17-10-14-7-8-16(25)20(26)21(14)29-17/h7-8,10,13,15,18,29H,4-6,9,11H2,1-3H3,(H,28,33)(H,30,32). The van der Waals surface area contributed by atoms with Crippen LogP contribution in [0.4, 0.5) is 0 Å². The van der Waals surface area contributed by atoms with Gasteiger partial charge in [0.1, 0.15) is 23.6 Å².